The lowest BCUT2D eigenvalue weighted by Gasteiger charge is -2.14. The molecule has 0 spiro atoms. The van der Waals surface area contributed by atoms with E-state index in [1.807, 2.05) is 0 Å². The van der Waals surface area contributed by atoms with Crippen molar-refractivity contribution in [3.8, 4) is 0 Å². The summed E-state index contributed by atoms with van der Waals surface area (Å²) in [5.41, 5.74) is 5.65. The quantitative estimate of drug-likeness (QED) is 0.574. The predicted octanol–water partition coefficient (Wildman–Crippen LogP) is 0.191. The van der Waals surface area contributed by atoms with E-state index in [9.17, 15) is 0 Å². The molecule has 2 unspecified atom stereocenters. The first-order valence-electron chi connectivity index (χ1n) is 4.32. The summed E-state index contributed by atoms with van der Waals surface area (Å²) in [7, 11) is 0. The van der Waals surface area contributed by atoms with Gasteiger partial charge in [-0.2, -0.15) is 0 Å². The lowest BCUT2D eigenvalue weighted by molar-refractivity contribution is 0.382. The van der Waals surface area contributed by atoms with Crippen molar-refractivity contribution in [3.05, 3.63) is 0 Å². The van der Waals surface area contributed by atoms with Crippen LogP contribution in [0.4, 0.5) is 0 Å². The largest absolute Gasteiger partial charge is 0.330 e. The maximum Gasteiger partial charge on any atom is -0.000510 e. The van der Waals surface area contributed by atoms with Crippen molar-refractivity contribution in [2.45, 2.75) is 12.8 Å². The van der Waals surface area contributed by atoms with Crippen LogP contribution in [0, 0.1) is 17.8 Å². The topological polar surface area (TPSA) is 38.0 Å². The van der Waals surface area contributed by atoms with Gasteiger partial charge in [-0.1, -0.05) is 0 Å². The molecule has 1 aliphatic heterocycles. The van der Waals surface area contributed by atoms with E-state index in [1.54, 1.807) is 0 Å². The van der Waals surface area contributed by atoms with Gasteiger partial charge in [0, 0.05) is 0 Å². The van der Waals surface area contributed by atoms with Crippen molar-refractivity contribution in [2.24, 2.45) is 23.5 Å². The number of nitrogens with one attached hydrogen (secondary N) is 1. The first kappa shape index (κ1) is 6.62. The molecule has 0 aromatic rings. The minimum atomic E-state index is 0.785. The van der Waals surface area contributed by atoms with E-state index < -0.39 is 0 Å². The number of rotatable bonds is 2. The van der Waals surface area contributed by atoms with E-state index in [4.69, 9.17) is 5.73 Å². The van der Waals surface area contributed by atoms with Gasteiger partial charge < -0.3 is 11.1 Å². The number of hydrogen-bond donors (Lipinski definition) is 2. The molecule has 1 saturated heterocycles. The monoisotopic (exact) mass is 140 g/mol. The molecule has 2 heteroatoms. The molecule has 2 fully saturated rings. The van der Waals surface area contributed by atoms with E-state index in [-0.39, 0.29) is 0 Å². The Hall–Kier alpha value is -0.0800. The van der Waals surface area contributed by atoms with E-state index in [2.05, 4.69) is 5.32 Å². The van der Waals surface area contributed by atoms with Crippen molar-refractivity contribution in [3.63, 3.8) is 0 Å². The standard InChI is InChI=1S/C8H16N2/c9-3-7-4-10-5-8(7)6-1-2-6/h6-8,10H,1-5,9H2. The van der Waals surface area contributed by atoms with Crippen LogP contribution in [-0.2, 0) is 0 Å². The Morgan fingerprint density at radius 2 is 2.10 bits per heavy atom. The van der Waals surface area contributed by atoms with Crippen LogP contribution in [-0.4, -0.2) is 19.6 Å². The first-order valence-corrected chi connectivity index (χ1v) is 4.32. The summed E-state index contributed by atoms with van der Waals surface area (Å²) >= 11 is 0. The predicted molar refractivity (Wildman–Crippen MR) is 41.6 cm³/mol. The number of hydrogen-bond acceptors (Lipinski definition) is 2. The van der Waals surface area contributed by atoms with Crippen molar-refractivity contribution in [1.82, 2.24) is 5.32 Å². The molecule has 0 bridgehead atoms. The highest BCUT2D eigenvalue weighted by molar-refractivity contribution is 4.91. The average Bonchev–Trinajstić information content (AvgIpc) is 2.69. The molecular weight excluding hydrogens is 124 g/mol. The van der Waals surface area contributed by atoms with Crippen LogP contribution in [0.3, 0.4) is 0 Å². The van der Waals surface area contributed by atoms with Gasteiger partial charge in [0.15, 0.2) is 0 Å². The van der Waals surface area contributed by atoms with Crippen LogP contribution in [0.2, 0.25) is 0 Å². The zero-order valence-corrected chi connectivity index (χ0v) is 6.34. The summed E-state index contributed by atoms with van der Waals surface area (Å²) in [6.45, 7) is 3.28. The van der Waals surface area contributed by atoms with Crippen LogP contribution in [0.5, 0.6) is 0 Å². The second-order valence-corrected chi connectivity index (χ2v) is 3.66. The molecule has 10 heavy (non-hydrogen) atoms. The van der Waals surface area contributed by atoms with Gasteiger partial charge in [-0.05, 0) is 50.2 Å². The Labute approximate surface area is 62.2 Å². The van der Waals surface area contributed by atoms with Crippen molar-refractivity contribution in [2.75, 3.05) is 19.6 Å². The van der Waals surface area contributed by atoms with Crippen LogP contribution >= 0.6 is 0 Å². The second-order valence-electron chi connectivity index (χ2n) is 3.66. The summed E-state index contributed by atoms with van der Waals surface area (Å²) in [6.07, 6.45) is 2.92. The molecule has 2 atom stereocenters. The van der Waals surface area contributed by atoms with Gasteiger partial charge in [0.2, 0.25) is 0 Å². The van der Waals surface area contributed by atoms with Crippen LogP contribution in [0.25, 0.3) is 0 Å². The third-order valence-electron chi connectivity index (χ3n) is 2.92. The van der Waals surface area contributed by atoms with Crippen LogP contribution < -0.4 is 11.1 Å². The van der Waals surface area contributed by atoms with Crippen molar-refractivity contribution >= 4 is 0 Å². The highest BCUT2D eigenvalue weighted by Gasteiger charge is 2.38. The van der Waals surface area contributed by atoms with Gasteiger partial charge in [-0.15, -0.1) is 0 Å². The minimum absolute atomic E-state index is 0.785. The van der Waals surface area contributed by atoms with Gasteiger partial charge >= 0.3 is 0 Å². The normalized spacial score (nSPS) is 40.5. The van der Waals surface area contributed by atoms with Gasteiger partial charge in [-0.3, -0.25) is 0 Å². The minimum Gasteiger partial charge on any atom is -0.330 e. The van der Waals surface area contributed by atoms with E-state index in [0.29, 0.717) is 0 Å². The molecule has 3 N–H and O–H groups in total. The summed E-state index contributed by atoms with van der Waals surface area (Å²) in [5.74, 6) is 2.74. The van der Waals surface area contributed by atoms with Crippen LogP contribution in [0.1, 0.15) is 12.8 Å². The van der Waals surface area contributed by atoms with Crippen molar-refractivity contribution < 1.29 is 0 Å². The van der Waals surface area contributed by atoms with E-state index in [0.717, 1.165) is 30.8 Å². The second kappa shape index (κ2) is 2.51. The third kappa shape index (κ3) is 1.06. The summed E-state index contributed by atoms with van der Waals surface area (Å²) in [4.78, 5) is 0. The van der Waals surface area contributed by atoms with Gasteiger partial charge in [0.25, 0.3) is 0 Å². The lowest BCUT2D eigenvalue weighted by Crippen LogP contribution is -2.23. The fourth-order valence-corrected chi connectivity index (χ4v) is 2.09. The Morgan fingerprint density at radius 1 is 1.30 bits per heavy atom. The first-order chi connectivity index (χ1) is 4.92. The summed E-state index contributed by atoms with van der Waals surface area (Å²) in [6, 6.07) is 0. The van der Waals surface area contributed by atoms with Gasteiger partial charge in [-0.25, -0.2) is 0 Å². The van der Waals surface area contributed by atoms with E-state index in [1.165, 1.54) is 19.4 Å². The van der Waals surface area contributed by atoms with Crippen LogP contribution in [0.15, 0.2) is 0 Å². The summed E-state index contributed by atoms with van der Waals surface area (Å²) in [5, 5.41) is 3.41. The Morgan fingerprint density at radius 3 is 2.70 bits per heavy atom. The number of nitrogens with two attached hydrogens (primary N) is 1. The molecule has 0 aromatic heterocycles. The highest BCUT2D eigenvalue weighted by atomic mass is 14.9. The summed E-state index contributed by atoms with van der Waals surface area (Å²) < 4.78 is 0. The molecule has 1 saturated carbocycles. The molecule has 2 aliphatic rings. The molecule has 1 heterocycles. The SMILES string of the molecule is NCC1CNCC1C1CC1. The molecule has 0 aromatic carbocycles. The molecule has 0 radical (unpaired) electrons. The molecular formula is C8H16N2. The lowest BCUT2D eigenvalue weighted by atomic mass is 9.92. The fourth-order valence-electron chi connectivity index (χ4n) is 2.09. The molecule has 2 nitrogen and oxygen atoms in total. The maximum absolute atomic E-state index is 5.65. The smallest absolute Gasteiger partial charge is 0.000510 e. The van der Waals surface area contributed by atoms with Gasteiger partial charge in [0.05, 0.1) is 0 Å². The van der Waals surface area contributed by atoms with Crippen molar-refractivity contribution in [1.29, 1.82) is 0 Å². The third-order valence-corrected chi connectivity index (χ3v) is 2.92. The Kier molecular flexibility index (Phi) is 1.66. The molecule has 0 amide bonds. The fraction of sp³-hybridized carbons (Fsp3) is 1.00. The molecule has 58 valence electrons. The highest BCUT2D eigenvalue weighted by Crippen LogP contribution is 2.41. The average molecular weight is 140 g/mol. The van der Waals surface area contributed by atoms with E-state index >= 15 is 0 Å². The molecule has 2 rings (SSSR count). The molecule has 1 aliphatic carbocycles. The maximum atomic E-state index is 5.65. The zero-order valence-electron chi connectivity index (χ0n) is 6.34. The Bertz CT molecular complexity index is 120. The zero-order chi connectivity index (χ0) is 6.97. The Balaban J connectivity index is 1.91. The van der Waals surface area contributed by atoms with Gasteiger partial charge in [0.1, 0.15) is 0 Å².